The van der Waals surface area contributed by atoms with Gasteiger partial charge in [0.05, 0.1) is 0 Å². The summed E-state index contributed by atoms with van der Waals surface area (Å²) in [5, 5.41) is 8.62. The number of pyridine rings is 1. The second-order valence-corrected chi connectivity index (χ2v) is 9.26. The van der Waals surface area contributed by atoms with Gasteiger partial charge in [-0.15, -0.1) is 11.3 Å². The van der Waals surface area contributed by atoms with Gasteiger partial charge in [-0.3, -0.25) is 4.79 Å². The lowest BCUT2D eigenvalue weighted by atomic mass is 10.0. The highest BCUT2D eigenvalue weighted by Gasteiger charge is 2.16. The summed E-state index contributed by atoms with van der Waals surface area (Å²) in [5.74, 6) is -0.0235. The molecule has 0 atom stereocenters. The van der Waals surface area contributed by atoms with Crippen LogP contribution < -0.4 is 22.1 Å². The molecule has 7 nitrogen and oxygen atoms in total. The van der Waals surface area contributed by atoms with Crippen LogP contribution in [0, 0.1) is 6.92 Å². The van der Waals surface area contributed by atoms with Crippen molar-refractivity contribution in [1.82, 2.24) is 4.98 Å². The van der Waals surface area contributed by atoms with Crippen LogP contribution in [0.15, 0.2) is 84.4 Å². The normalized spacial score (nSPS) is 10.8. The van der Waals surface area contributed by atoms with E-state index in [0.717, 1.165) is 43.6 Å². The number of fused-ring (bicyclic) bond motifs is 1. The number of nitrogens with two attached hydrogens (primary N) is 2. The number of thiophene rings is 1. The minimum Gasteiger partial charge on any atom is -0.383 e. The van der Waals surface area contributed by atoms with Crippen LogP contribution in [-0.4, -0.2) is 16.9 Å². The Hall–Kier alpha value is -4.69. The van der Waals surface area contributed by atoms with E-state index in [0.29, 0.717) is 17.1 Å². The van der Waals surface area contributed by atoms with Gasteiger partial charge in [-0.05, 0) is 65.4 Å². The molecule has 6 N–H and O–H groups in total. The van der Waals surface area contributed by atoms with Crippen molar-refractivity contribution in [3.63, 3.8) is 0 Å². The highest BCUT2D eigenvalue weighted by atomic mass is 32.1. The van der Waals surface area contributed by atoms with Crippen LogP contribution in [0.3, 0.4) is 0 Å². The summed E-state index contributed by atoms with van der Waals surface area (Å²) < 4.78 is 1.00. The third kappa shape index (κ3) is 4.62. The molecule has 3 aromatic carbocycles. The number of nitrogens with one attached hydrogen (secondary N) is 2. The van der Waals surface area contributed by atoms with E-state index in [2.05, 4.69) is 21.0 Å². The molecule has 36 heavy (non-hydrogen) atoms. The molecule has 5 aromatic rings. The topological polar surface area (TPSA) is 123 Å². The number of primary amides is 1. The number of carbonyl (C=O) groups is 2. The maximum atomic E-state index is 12.4. The molecule has 0 aliphatic rings. The molecular formula is C28H23N5O2S. The molecule has 178 valence electrons. The lowest BCUT2D eigenvalue weighted by molar-refractivity contribution is 0.100. The molecule has 0 saturated carbocycles. The van der Waals surface area contributed by atoms with Gasteiger partial charge in [-0.2, -0.15) is 0 Å². The summed E-state index contributed by atoms with van der Waals surface area (Å²) in [6.07, 6.45) is 1.75. The highest BCUT2D eigenvalue weighted by Crippen LogP contribution is 2.41. The fourth-order valence-electron chi connectivity index (χ4n) is 4.05. The van der Waals surface area contributed by atoms with E-state index in [4.69, 9.17) is 11.5 Å². The van der Waals surface area contributed by atoms with Crippen molar-refractivity contribution in [3.8, 4) is 22.3 Å². The minimum absolute atomic E-state index is 0.310. The molecule has 0 radical (unpaired) electrons. The van der Waals surface area contributed by atoms with Gasteiger partial charge >= 0.3 is 6.03 Å². The first-order chi connectivity index (χ1) is 17.4. The van der Waals surface area contributed by atoms with Crippen LogP contribution in [0.2, 0.25) is 0 Å². The average Bonchev–Trinajstić information content (AvgIpc) is 3.31. The van der Waals surface area contributed by atoms with Crippen molar-refractivity contribution >= 4 is 50.6 Å². The van der Waals surface area contributed by atoms with Crippen molar-refractivity contribution in [1.29, 1.82) is 0 Å². The maximum Gasteiger partial charge on any atom is 0.323 e. The first-order valence-electron chi connectivity index (χ1n) is 11.2. The second-order valence-electron chi connectivity index (χ2n) is 8.38. The Bertz CT molecular complexity index is 1590. The van der Waals surface area contributed by atoms with Gasteiger partial charge in [0.15, 0.2) is 0 Å². The highest BCUT2D eigenvalue weighted by molar-refractivity contribution is 7.18. The SMILES string of the molecule is Cc1cccc(NC(=O)Nc2ccc(-c3csc4c(-c5ccc(C(N)=O)cc5)cnc(N)c34)cc2)c1. The standard InChI is InChI=1S/C28H23N5O2S/c1-16-3-2-4-21(13-16)33-28(35)32-20-11-9-18(10-12-20)23-15-36-25-22(14-31-26(29)24(23)25)17-5-7-19(8-6-17)27(30)34/h2-15H,1H3,(H2,29,31)(H2,30,34)(H2,32,33,35). The van der Waals surface area contributed by atoms with Crippen molar-refractivity contribution in [3.05, 3.63) is 95.5 Å². The van der Waals surface area contributed by atoms with E-state index in [1.165, 1.54) is 0 Å². The van der Waals surface area contributed by atoms with Crippen LogP contribution in [0.25, 0.3) is 32.3 Å². The molecule has 0 unspecified atom stereocenters. The number of aryl methyl sites for hydroxylation is 1. The zero-order chi connectivity index (χ0) is 25.2. The molecule has 0 aliphatic carbocycles. The van der Waals surface area contributed by atoms with Gasteiger partial charge in [0.25, 0.3) is 0 Å². The summed E-state index contributed by atoms with van der Waals surface area (Å²) in [6, 6.07) is 22.0. The Labute approximate surface area is 211 Å². The Morgan fingerprint density at radius 1 is 0.861 bits per heavy atom. The molecule has 2 heterocycles. The third-order valence-electron chi connectivity index (χ3n) is 5.83. The van der Waals surface area contributed by atoms with Crippen LogP contribution in [0.5, 0.6) is 0 Å². The predicted molar refractivity (Wildman–Crippen MR) is 147 cm³/mol. The average molecular weight is 494 g/mol. The van der Waals surface area contributed by atoms with Gasteiger partial charge < -0.3 is 22.1 Å². The second kappa shape index (κ2) is 9.52. The summed E-state index contributed by atoms with van der Waals surface area (Å²) in [4.78, 5) is 28.2. The van der Waals surface area contributed by atoms with Gasteiger partial charge in [-0.25, -0.2) is 9.78 Å². The molecule has 0 spiro atoms. The monoisotopic (exact) mass is 493 g/mol. The maximum absolute atomic E-state index is 12.4. The van der Waals surface area contributed by atoms with Crippen LogP contribution >= 0.6 is 11.3 Å². The first kappa shape index (κ1) is 23.1. The van der Waals surface area contributed by atoms with E-state index in [-0.39, 0.29) is 6.03 Å². The number of urea groups is 1. The lowest BCUT2D eigenvalue weighted by Crippen LogP contribution is -2.19. The Morgan fingerprint density at radius 3 is 2.22 bits per heavy atom. The smallest absolute Gasteiger partial charge is 0.323 e. The summed E-state index contributed by atoms with van der Waals surface area (Å²) >= 11 is 1.58. The number of rotatable bonds is 5. The predicted octanol–water partition coefficient (Wildman–Crippen LogP) is 6.26. The fourth-order valence-corrected chi connectivity index (χ4v) is 5.17. The van der Waals surface area contributed by atoms with Crippen LogP contribution in [0.4, 0.5) is 22.0 Å². The Kier molecular flexibility index (Phi) is 6.10. The van der Waals surface area contributed by atoms with Crippen molar-refractivity contribution in [2.45, 2.75) is 6.92 Å². The van der Waals surface area contributed by atoms with Gasteiger partial charge in [-0.1, -0.05) is 36.4 Å². The van der Waals surface area contributed by atoms with E-state index < -0.39 is 5.91 Å². The van der Waals surface area contributed by atoms with Crippen molar-refractivity contribution in [2.24, 2.45) is 5.73 Å². The van der Waals surface area contributed by atoms with E-state index in [9.17, 15) is 9.59 Å². The third-order valence-corrected chi connectivity index (χ3v) is 6.85. The molecule has 0 fully saturated rings. The molecule has 3 amide bonds. The number of hydrogen-bond donors (Lipinski definition) is 4. The largest absolute Gasteiger partial charge is 0.383 e. The molecule has 0 saturated heterocycles. The molecule has 2 aromatic heterocycles. The number of anilines is 3. The summed E-state index contributed by atoms with van der Waals surface area (Å²) in [6.45, 7) is 1.97. The quantitative estimate of drug-likeness (QED) is 0.231. The van der Waals surface area contributed by atoms with Gasteiger partial charge in [0.2, 0.25) is 5.91 Å². The summed E-state index contributed by atoms with van der Waals surface area (Å²) in [7, 11) is 0. The molecule has 8 heteroatoms. The molecule has 0 aliphatic heterocycles. The van der Waals surface area contributed by atoms with E-state index in [1.54, 1.807) is 29.7 Å². The molecular weight excluding hydrogens is 470 g/mol. The minimum atomic E-state index is -0.467. The Morgan fingerprint density at radius 2 is 1.53 bits per heavy atom. The number of hydrogen-bond acceptors (Lipinski definition) is 5. The van der Waals surface area contributed by atoms with Gasteiger partial charge in [0, 0.05) is 44.3 Å². The number of amides is 3. The fraction of sp³-hybridized carbons (Fsp3) is 0.0357. The zero-order valence-corrected chi connectivity index (χ0v) is 20.2. The summed E-state index contributed by atoms with van der Waals surface area (Å²) in [5.41, 5.74) is 18.4. The van der Waals surface area contributed by atoms with Gasteiger partial charge in [0.1, 0.15) is 5.82 Å². The van der Waals surface area contributed by atoms with E-state index in [1.807, 2.05) is 67.6 Å². The molecule has 0 bridgehead atoms. The number of nitrogens with zero attached hydrogens (tertiary/aromatic N) is 1. The first-order valence-corrected chi connectivity index (χ1v) is 12.1. The number of benzene rings is 3. The molecule has 5 rings (SSSR count). The van der Waals surface area contributed by atoms with Crippen LogP contribution in [0.1, 0.15) is 15.9 Å². The Balaban J connectivity index is 1.40. The van der Waals surface area contributed by atoms with Crippen molar-refractivity contribution in [2.75, 3.05) is 16.4 Å². The lowest BCUT2D eigenvalue weighted by Gasteiger charge is -2.10. The van der Waals surface area contributed by atoms with E-state index >= 15 is 0 Å². The number of carbonyl (C=O) groups excluding carboxylic acids is 2. The number of nitrogen functional groups attached to an aromatic ring is 1. The zero-order valence-electron chi connectivity index (χ0n) is 19.4. The van der Waals surface area contributed by atoms with Crippen molar-refractivity contribution < 1.29 is 9.59 Å². The number of aromatic nitrogens is 1. The van der Waals surface area contributed by atoms with Crippen LogP contribution in [-0.2, 0) is 0 Å².